The number of rotatable bonds is 3. The van der Waals surface area contributed by atoms with Crippen molar-refractivity contribution in [3.05, 3.63) is 41.5 Å². The third-order valence-electron chi connectivity index (χ3n) is 2.15. The number of benzene rings is 1. The molecule has 2 rings (SSSR count). The lowest BCUT2D eigenvalue weighted by Crippen LogP contribution is -2.02. The highest BCUT2D eigenvalue weighted by molar-refractivity contribution is 5.50. The molecule has 1 heterocycles. The van der Waals surface area contributed by atoms with Crippen LogP contribution in [0.1, 0.15) is 17.3 Å². The minimum Gasteiger partial charge on any atom is -0.377 e. The zero-order chi connectivity index (χ0) is 10.7. The van der Waals surface area contributed by atoms with E-state index in [1.807, 2.05) is 18.2 Å². The van der Waals surface area contributed by atoms with Crippen LogP contribution in [-0.4, -0.2) is 10.1 Å². The van der Waals surface area contributed by atoms with Crippen LogP contribution in [0.15, 0.2) is 28.8 Å². The predicted molar refractivity (Wildman–Crippen MR) is 57.5 cm³/mol. The van der Waals surface area contributed by atoms with Crippen molar-refractivity contribution in [2.24, 2.45) is 0 Å². The van der Waals surface area contributed by atoms with E-state index in [1.165, 1.54) is 5.56 Å². The van der Waals surface area contributed by atoms with Gasteiger partial charge in [0.25, 0.3) is 0 Å². The minimum absolute atomic E-state index is 0.586. The van der Waals surface area contributed by atoms with E-state index in [1.54, 1.807) is 6.92 Å². The van der Waals surface area contributed by atoms with Gasteiger partial charge in [-0.15, -0.1) is 0 Å². The quantitative estimate of drug-likeness (QED) is 0.831. The first-order chi connectivity index (χ1) is 7.25. The van der Waals surface area contributed by atoms with Gasteiger partial charge in [0.1, 0.15) is 0 Å². The summed E-state index contributed by atoms with van der Waals surface area (Å²) < 4.78 is 4.88. The molecule has 0 aliphatic heterocycles. The molecule has 0 spiro atoms. The molecule has 0 atom stereocenters. The number of aryl methyl sites for hydroxylation is 2. The van der Waals surface area contributed by atoms with Crippen molar-refractivity contribution in [3.63, 3.8) is 0 Å². The molecule has 0 saturated heterocycles. The van der Waals surface area contributed by atoms with Crippen molar-refractivity contribution in [3.8, 4) is 0 Å². The molecule has 0 aliphatic rings. The van der Waals surface area contributed by atoms with Crippen molar-refractivity contribution in [1.82, 2.24) is 10.1 Å². The standard InChI is InChI=1S/C11H13N3O/c1-8-5-3-4-6-10(8)12-7-11-13-9(2)15-14-11/h3-6,12H,7H2,1-2H3. The number of hydrogen-bond donors (Lipinski definition) is 1. The van der Waals surface area contributed by atoms with E-state index in [0.717, 1.165) is 5.69 Å². The Kier molecular flexibility index (Phi) is 2.67. The molecule has 1 N–H and O–H groups in total. The van der Waals surface area contributed by atoms with Gasteiger partial charge in [0.15, 0.2) is 5.82 Å². The maximum atomic E-state index is 4.88. The van der Waals surface area contributed by atoms with Crippen molar-refractivity contribution in [1.29, 1.82) is 0 Å². The van der Waals surface area contributed by atoms with E-state index in [4.69, 9.17) is 4.52 Å². The molecule has 1 aromatic heterocycles. The number of nitrogens with zero attached hydrogens (tertiary/aromatic N) is 2. The van der Waals surface area contributed by atoms with Gasteiger partial charge in [-0.05, 0) is 18.6 Å². The van der Waals surface area contributed by atoms with E-state index in [2.05, 4.69) is 28.4 Å². The van der Waals surface area contributed by atoms with Crippen LogP contribution in [0.3, 0.4) is 0 Å². The molecule has 4 heteroatoms. The third-order valence-corrected chi connectivity index (χ3v) is 2.15. The Hall–Kier alpha value is -1.84. The van der Waals surface area contributed by atoms with Gasteiger partial charge in [-0.25, -0.2) is 0 Å². The van der Waals surface area contributed by atoms with Crippen molar-refractivity contribution >= 4 is 5.69 Å². The van der Waals surface area contributed by atoms with Crippen molar-refractivity contribution < 1.29 is 4.52 Å². The molecule has 2 aromatic rings. The predicted octanol–water partition coefficient (Wildman–Crippen LogP) is 2.30. The second-order valence-corrected chi connectivity index (χ2v) is 3.40. The summed E-state index contributed by atoms with van der Waals surface area (Å²) in [5.41, 5.74) is 2.30. The van der Waals surface area contributed by atoms with Crippen molar-refractivity contribution in [2.75, 3.05) is 5.32 Å². The summed E-state index contributed by atoms with van der Waals surface area (Å²) in [7, 11) is 0. The molecule has 0 amide bonds. The second-order valence-electron chi connectivity index (χ2n) is 3.40. The first-order valence-electron chi connectivity index (χ1n) is 4.84. The average molecular weight is 203 g/mol. The topological polar surface area (TPSA) is 51.0 Å². The molecular formula is C11H13N3O. The van der Waals surface area contributed by atoms with Crippen LogP contribution in [-0.2, 0) is 6.54 Å². The van der Waals surface area contributed by atoms with Gasteiger partial charge in [0, 0.05) is 12.6 Å². The summed E-state index contributed by atoms with van der Waals surface area (Å²) in [5, 5.41) is 7.07. The molecule has 78 valence electrons. The normalized spacial score (nSPS) is 10.3. The highest BCUT2D eigenvalue weighted by atomic mass is 16.5. The third kappa shape index (κ3) is 2.34. The van der Waals surface area contributed by atoms with E-state index < -0.39 is 0 Å². The molecule has 4 nitrogen and oxygen atoms in total. The van der Waals surface area contributed by atoms with Gasteiger partial charge in [-0.1, -0.05) is 23.4 Å². The zero-order valence-electron chi connectivity index (χ0n) is 8.82. The Labute approximate surface area is 88.3 Å². The zero-order valence-corrected chi connectivity index (χ0v) is 8.82. The highest BCUT2D eigenvalue weighted by Gasteiger charge is 2.02. The van der Waals surface area contributed by atoms with E-state index in [-0.39, 0.29) is 0 Å². The average Bonchev–Trinajstić information content (AvgIpc) is 2.63. The molecule has 0 unspecified atom stereocenters. The van der Waals surface area contributed by atoms with Gasteiger partial charge in [-0.3, -0.25) is 0 Å². The van der Waals surface area contributed by atoms with Gasteiger partial charge in [0.2, 0.25) is 5.89 Å². The van der Waals surface area contributed by atoms with Gasteiger partial charge < -0.3 is 9.84 Å². The fraction of sp³-hybridized carbons (Fsp3) is 0.273. The van der Waals surface area contributed by atoms with Crippen LogP contribution in [0.2, 0.25) is 0 Å². The summed E-state index contributed by atoms with van der Waals surface area (Å²) in [5.74, 6) is 1.27. The number of anilines is 1. The van der Waals surface area contributed by atoms with Gasteiger partial charge in [-0.2, -0.15) is 4.98 Å². The smallest absolute Gasteiger partial charge is 0.223 e. The van der Waals surface area contributed by atoms with Gasteiger partial charge in [0.05, 0.1) is 6.54 Å². The number of nitrogens with one attached hydrogen (secondary N) is 1. The lowest BCUT2D eigenvalue weighted by molar-refractivity contribution is 0.388. The van der Waals surface area contributed by atoms with Gasteiger partial charge >= 0.3 is 0 Å². The molecule has 0 bridgehead atoms. The van der Waals surface area contributed by atoms with Crippen LogP contribution in [0.25, 0.3) is 0 Å². The Morgan fingerprint density at radius 3 is 2.73 bits per heavy atom. The lowest BCUT2D eigenvalue weighted by Gasteiger charge is -2.06. The summed E-state index contributed by atoms with van der Waals surface area (Å²) in [6.45, 7) is 4.43. The highest BCUT2D eigenvalue weighted by Crippen LogP contribution is 2.13. The summed E-state index contributed by atoms with van der Waals surface area (Å²) in [6.07, 6.45) is 0. The minimum atomic E-state index is 0.586. The number of hydrogen-bond acceptors (Lipinski definition) is 4. The fourth-order valence-electron chi connectivity index (χ4n) is 1.36. The van der Waals surface area contributed by atoms with E-state index in [9.17, 15) is 0 Å². The molecule has 0 aliphatic carbocycles. The Morgan fingerprint density at radius 2 is 2.07 bits per heavy atom. The summed E-state index contributed by atoms with van der Waals surface area (Å²) in [6, 6.07) is 8.10. The van der Waals surface area contributed by atoms with Crippen molar-refractivity contribution in [2.45, 2.75) is 20.4 Å². The molecule has 0 saturated carbocycles. The SMILES string of the molecule is Cc1nc(CNc2ccccc2C)no1. The Balaban J connectivity index is 2.02. The molecule has 1 aromatic carbocycles. The Bertz CT molecular complexity index is 451. The molecular weight excluding hydrogens is 190 g/mol. The maximum Gasteiger partial charge on any atom is 0.223 e. The number of para-hydroxylation sites is 1. The molecule has 0 radical (unpaired) electrons. The fourth-order valence-corrected chi connectivity index (χ4v) is 1.36. The Morgan fingerprint density at radius 1 is 1.27 bits per heavy atom. The van der Waals surface area contributed by atoms with Crippen LogP contribution >= 0.6 is 0 Å². The van der Waals surface area contributed by atoms with Crippen LogP contribution in [0.5, 0.6) is 0 Å². The lowest BCUT2D eigenvalue weighted by atomic mass is 10.2. The van der Waals surface area contributed by atoms with E-state index in [0.29, 0.717) is 18.3 Å². The molecule has 0 fully saturated rings. The van der Waals surface area contributed by atoms with E-state index >= 15 is 0 Å². The second kappa shape index (κ2) is 4.13. The van der Waals surface area contributed by atoms with Crippen LogP contribution in [0.4, 0.5) is 5.69 Å². The first-order valence-corrected chi connectivity index (χ1v) is 4.84. The number of aromatic nitrogens is 2. The largest absolute Gasteiger partial charge is 0.377 e. The van der Waals surface area contributed by atoms with Crippen LogP contribution in [0, 0.1) is 13.8 Å². The monoisotopic (exact) mass is 203 g/mol. The summed E-state index contributed by atoms with van der Waals surface area (Å²) in [4.78, 5) is 4.12. The summed E-state index contributed by atoms with van der Waals surface area (Å²) >= 11 is 0. The molecule has 15 heavy (non-hydrogen) atoms. The maximum absolute atomic E-state index is 4.88. The van der Waals surface area contributed by atoms with Crippen LogP contribution < -0.4 is 5.32 Å². The first kappa shape index (κ1) is 9.71.